The van der Waals surface area contributed by atoms with Crippen LogP contribution in [0.15, 0.2) is 190 Å². The van der Waals surface area contributed by atoms with Gasteiger partial charge in [-0.05, 0) is 71.1 Å². The van der Waals surface area contributed by atoms with Gasteiger partial charge in [-0.2, -0.15) is 0 Å². The summed E-state index contributed by atoms with van der Waals surface area (Å²) >= 11 is 0. The molecule has 0 unspecified atom stereocenters. The van der Waals surface area contributed by atoms with Crippen molar-refractivity contribution >= 4 is 55.7 Å². The van der Waals surface area contributed by atoms with Crippen molar-refractivity contribution in [1.82, 2.24) is 15.0 Å². The summed E-state index contributed by atoms with van der Waals surface area (Å²) in [6, 6.07) is 53.6. The maximum absolute atomic E-state index is 6.77. The van der Waals surface area contributed by atoms with Crippen LogP contribution in [0.2, 0.25) is 0 Å². The van der Waals surface area contributed by atoms with Crippen molar-refractivity contribution in [2.75, 3.05) is 0 Å². The molecule has 0 bridgehead atoms. The summed E-state index contributed by atoms with van der Waals surface area (Å²) in [6.45, 7) is 5.84. The molecule has 10 rings (SSSR count). The van der Waals surface area contributed by atoms with Crippen molar-refractivity contribution in [3.05, 3.63) is 182 Å². The molecule has 0 atom stereocenters. The second-order valence-electron chi connectivity index (χ2n) is 14.0. The summed E-state index contributed by atoms with van der Waals surface area (Å²) in [7, 11) is 0. The molecule has 0 saturated carbocycles. The minimum atomic E-state index is 0.552. The first-order valence-corrected chi connectivity index (χ1v) is 18.8. The Kier molecular flexibility index (Phi) is 8.42. The van der Waals surface area contributed by atoms with Gasteiger partial charge >= 0.3 is 0 Å². The van der Waals surface area contributed by atoms with Gasteiger partial charge in [0.15, 0.2) is 17.5 Å². The molecule has 3 aromatic heterocycles. The molecule has 0 aliphatic rings. The zero-order chi connectivity index (χ0) is 38.3. The quantitative estimate of drug-likeness (QED) is 0.145. The molecule has 7 aromatic carbocycles. The second-order valence-corrected chi connectivity index (χ2v) is 14.0. The Labute approximate surface area is 328 Å². The maximum atomic E-state index is 6.77. The van der Waals surface area contributed by atoms with Crippen molar-refractivity contribution in [1.29, 1.82) is 0 Å². The summed E-state index contributed by atoms with van der Waals surface area (Å²) in [5.41, 5.74) is 11.9. The van der Waals surface area contributed by atoms with Crippen LogP contribution >= 0.6 is 0 Å². The molecule has 0 amide bonds. The Morgan fingerprint density at radius 2 is 1.09 bits per heavy atom. The number of hydrogen-bond donors (Lipinski definition) is 0. The number of furan rings is 2. The minimum Gasteiger partial charge on any atom is -0.456 e. The van der Waals surface area contributed by atoms with E-state index in [0.29, 0.717) is 17.5 Å². The van der Waals surface area contributed by atoms with E-state index in [1.807, 2.05) is 85.1 Å². The molecule has 0 spiro atoms. The number of para-hydroxylation sites is 2. The van der Waals surface area contributed by atoms with Gasteiger partial charge in [-0.15, -0.1) is 0 Å². The Hall–Kier alpha value is -7.70. The molecule has 6 nitrogen and oxygen atoms in total. The van der Waals surface area contributed by atoms with E-state index >= 15 is 0 Å². The number of aliphatic imine (C=N–C) groups is 1. The molecule has 57 heavy (non-hydrogen) atoms. The smallest absolute Gasteiger partial charge is 0.164 e. The fourth-order valence-electron chi connectivity index (χ4n) is 7.56. The van der Waals surface area contributed by atoms with Gasteiger partial charge in [0.25, 0.3) is 0 Å². The molecule has 0 saturated heterocycles. The number of rotatable bonds is 8. The van der Waals surface area contributed by atoms with Crippen molar-refractivity contribution in [2.24, 2.45) is 4.99 Å². The van der Waals surface area contributed by atoms with Crippen LogP contribution in [0.4, 0.5) is 0 Å². The number of aromatic nitrogens is 3. The molecule has 0 aliphatic carbocycles. The van der Waals surface area contributed by atoms with E-state index in [4.69, 9.17) is 23.8 Å². The number of nitrogens with zero attached hydrogens (tertiary/aromatic N) is 4. The molecule has 0 N–H and O–H groups in total. The lowest BCUT2D eigenvalue weighted by Crippen LogP contribution is -2.01. The van der Waals surface area contributed by atoms with Crippen LogP contribution in [0.1, 0.15) is 12.5 Å². The average Bonchev–Trinajstić information content (AvgIpc) is 3.83. The van der Waals surface area contributed by atoms with Crippen molar-refractivity contribution in [2.45, 2.75) is 6.92 Å². The van der Waals surface area contributed by atoms with Crippen LogP contribution in [-0.2, 0) is 0 Å². The van der Waals surface area contributed by atoms with Gasteiger partial charge in [0.2, 0.25) is 0 Å². The number of hydrogen-bond acceptors (Lipinski definition) is 6. The van der Waals surface area contributed by atoms with Crippen LogP contribution < -0.4 is 0 Å². The van der Waals surface area contributed by atoms with Crippen molar-refractivity contribution < 1.29 is 8.83 Å². The van der Waals surface area contributed by atoms with Crippen LogP contribution in [0.25, 0.3) is 106 Å². The van der Waals surface area contributed by atoms with Gasteiger partial charge in [-0.25, -0.2) is 15.0 Å². The van der Waals surface area contributed by atoms with E-state index in [9.17, 15) is 0 Å². The average molecular weight is 735 g/mol. The first-order valence-electron chi connectivity index (χ1n) is 18.8. The van der Waals surface area contributed by atoms with Crippen LogP contribution in [0.5, 0.6) is 0 Å². The number of allylic oxidation sites excluding steroid dienone is 2. The largest absolute Gasteiger partial charge is 0.456 e. The van der Waals surface area contributed by atoms with Gasteiger partial charge < -0.3 is 8.83 Å². The summed E-state index contributed by atoms with van der Waals surface area (Å²) in [5.74, 6) is 1.73. The molecule has 0 fully saturated rings. The monoisotopic (exact) mass is 734 g/mol. The molecule has 3 heterocycles. The fourth-order valence-corrected chi connectivity index (χ4v) is 7.56. The van der Waals surface area contributed by atoms with Crippen LogP contribution in [-0.4, -0.2) is 21.2 Å². The van der Waals surface area contributed by atoms with Gasteiger partial charge in [0, 0.05) is 56.2 Å². The highest BCUT2D eigenvalue weighted by Crippen LogP contribution is 2.41. The zero-order valence-corrected chi connectivity index (χ0v) is 31.1. The highest BCUT2D eigenvalue weighted by atomic mass is 16.3. The normalized spacial score (nSPS) is 12.1. The molecule has 6 heteroatoms. The van der Waals surface area contributed by atoms with Crippen molar-refractivity contribution in [3.8, 4) is 56.4 Å². The topological polar surface area (TPSA) is 77.3 Å². The van der Waals surface area contributed by atoms with Gasteiger partial charge in [0.1, 0.15) is 22.3 Å². The van der Waals surface area contributed by atoms with Crippen LogP contribution in [0.3, 0.4) is 0 Å². The minimum absolute atomic E-state index is 0.552. The summed E-state index contributed by atoms with van der Waals surface area (Å²) < 4.78 is 13.0. The molecule has 0 radical (unpaired) electrons. The van der Waals surface area contributed by atoms with Crippen LogP contribution in [0, 0.1) is 0 Å². The van der Waals surface area contributed by atoms with Crippen molar-refractivity contribution in [3.63, 3.8) is 0 Å². The van der Waals surface area contributed by atoms with E-state index in [-0.39, 0.29) is 0 Å². The zero-order valence-electron chi connectivity index (χ0n) is 31.1. The standard InChI is InChI=1S/C51H34N4O2/c1-3-25-52-31-32(2)35-26-36(39-22-14-23-41-44-30-46-43(29-47(44)57-48(39)41)40-20-12-13-24-45(40)56-46)28-37(27-35)50-53-49(34-17-8-5-9-18-34)54-51(55-50)42-21-11-10-19-38(42)33-15-6-4-7-16-33/h3-31H,1H2,2H3/b32-31+,52-25-. The molecule has 0 aliphatic heterocycles. The Balaban J connectivity index is 1.20. The Bertz CT molecular complexity index is 3210. The van der Waals surface area contributed by atoms with E-state index in [1.165, 1.54) is 0 Å². The Morgan fingerprint density at radius 3 is 1.88 bits per heavy atom. The van der Waals surface area contributed by atoms with Gasteiger partial charge in [-0.1, -0.05) is 134 Å². The van der Waals surface area contributed by atoms with Gasteiger partial charge in [0.05, 0.1) is 0 Å². The summed E-state index contributed by atoms with van der Waals surface area (Å²) in [6.07, 6.45) is 5.19. The lowest BCUT2D eigenvalue weighted by atomic mass is 9.95. The van der Waals surface area contributed by atoms with E-state index < -0.39 is 0 Å². The number of fused-ring (bicyclic) bond motifs is 6. The SMILES string of the molecule is C=C/C=N\C=C(/C)c1cc(-c2nc(-c3ccccc3)nc(-c3ccccc3-c3ccccc3)n2)cc(-c2cccc3c2oc2cc4c(cc23)oc2ccccc24)c1. The summed E-state index contributed by atoms with van der Waals surface area (Å²) in [5, 5.41) is 4.09. The Morgan fingerprint density at radius 1 is 0.491 bits per heavy atom. The molecule has 270 valence electrons. The lowest BCUT2D eigenvalue weighted by molar-refractivity contribution is 0.664. The molecular formula is C51H34N4O2. The third-order valence-electron chi connectivity index (χ3n) is 10.3. The molecular weight excluding hydrogens is 701 g/mol. The third-order valence-corrected chi connectivity index (χ3v) is 10.3. The van der Waals surface area contributed by atoms with E-state index in [0.717, 1.165) is 94.0 Å². The second kappa shape index (κ2) is 14.2. The highest BCUT2D eigenvalue weighted by molar-refractivity contribution is 6.16. The maximum Gasteiger partial charge on any atom is 0.164 e. The number of benzene rings is 7. The fraction of sp³-hybridized carbons (Fsp3) is 0.0196. The third kappa shape index (κ3) is 6.19. The van der Waals surface area contributed by atoms with Gasteiger partial charge in [-0.3, -0.25) is 4.99 Å². The highest BCUT2D eigenvalue weighted by Gasteiger charge is 2.20. The van der Waals surface area contributed by atoms with E-state index in [1.54, 1.807) is 12.3 Å². The first-order chi connectivity index (χ1) is 28.1. The van der Waals surface area contributed by atoms with E-state index in [2.05, 4.69) is 97.4 Å². The predicted octanol–water partition coefficient (Wildman–Crippen LogP) is 13.6. The molecule has 10 aromatic rings. The lowest BCUT2D eigenvalue weighted by Gasteiger charge is -2.14. The summed E-state index contributed by atoms with van der Waals surface area (Å²) in [4.78, 5) is 19.9. The first kappa shape index (κ1) is 33.8. The predicted molar refractivity (Wildman–Crippen MR) is 234 cm³/mol.